The second-order valence-corrected chi connectivity index (χ2v) is 5.62. The molecule has 0 radical (unpaired) electrons. The molecule has 1 atom stereocenters. The van der Waals surface area contributed by atoms with Crippen LogP contribution in [0.5, 0.6) is 0 Å². The molecule has 7 heteroatoms. The highest BCUT2D eigenvalue weighted by Gasteiger charge is 2.16. The maximum absolute atomic E-state index is 13.5. The first-order chi connectivity index (χ1) is 8.97. The Morgan fingerprint density at radius 3 is 2.79 bits per heavy atom. The van der Waals surface area contributed by atoms with Crippen LogP contribution in [-0.2, 0) is 0 Å². The number of nitrogens with one attached hydrogen (secondary N) is 1. The highest BCUT2D eigenvalue weighted by atomic mass is 35.5. The van der Waals surface area contributed by atoms with Crippen LogP contribution in [0.25, 0.3) is 0 Å². The molecule has 1 heterocycles. The minimum absolute atomic E-state index is 0.185. The Bertz CT molecular complexity index is 617. The molecule has 0 saturated heterocycles. The molecule has 1 N–H and O–H groups in total. The van der Waals surface area contributed by atoms with Crippen LogP contribution < -0.4 is 5.32 Å². The van der Waals surface area contributed by atoms with Gasteiger partial charge in [0.1, 0.15) is 5.82 Å². The average Bonchev–Trinajstić information content (AvgIpc) is 2.79. The Hall–Kier alpha value is -1.53. The highest BCUT2D eigenvalue weighted by molar-refractivity contribution is 7.17. The number of hydrogen-bond acceptors (Lipinski definition) is 4. The summed E-state index contributed by atoms with van der Waals surface area (Å²) in [6, 6.07) is 4.53. The van der Waals surface area contributed by atoms with Crippen molar-refractivity contribution in [3.05, 3.63) is 44.6 Å². The minimum Gasteiger partial charge on any atom is -0.343 e. The van der Waals surface area contributed by atoms with Crippen molar-refractivity contribution in [1.82, 2.24) is 15.5 Å². The number of benzene rings is 1. The summed E-state index contributed by atoms with van der Waals surface area (Å²) in [6.45, 7) is 3.45. The molecule has 2 aromatic rings. The molecule has 0 aliphatic heterocycles. The molecule has 0 fully saturated rings. The summed E-state index contributed by atoms with van der Waals surface area (Å²) in [5.74, 6) is -0.671. The normalized spacial score (nSPS) is 12.2. The van der Waals surface area contributed by atoms with Gasteiger partial charge in [0.15, 0.2) is 0 Å². The third-order valence-electron chi connectivity index (χ3n) is 2.64. The first-order valence-electron chi connectivity index (χ1n) is 5.53. The maximum Gasteiger partial charge on any atom is 0.282 e. The van der Waals surface area contributed by atoms with Crippen molar-refractivity contribution in [2.75, 3.05) is 0 Å². The van der Waals surface area contributed by atoms with Crippen LogP contribution in [-0.4, -0.2) is 16.1 Å². The summed E-state index contributed by atoms with van der Waals surface area (Å²) >= 11 is 6.61. The van der Waals surface area contributed by atoms with Gasteiger partial charge in [-0.3, -0.25) is 4.79 Å². The van der Waals surface area contributed by atoms with E-state index in [1.165, 1.54) is 6.07 Å². The van der Waals surface area contributed by atoms with Crippen LogP contribution in [0.1, 0.15) is 33.9 Å². The van der Waals surface area contributed by atoms with E-state index >= 15 is 0 Å². The fourth-order valence-corrected chi connectivity index (χ4v) is 2.25. The molecule has 1 amide bonds. The van der Waals surface area contributed by atoms with Gasteiger partial charge in [-0.2, -0.15) is 0 Å². The number of rotatable bonds is 3. The van der Waals surface area contributed by atoms with E-state index in [1.807, 2.05) is 0 Å². The van der Waals surface area contributed by atoms with E-state index in [2.05, 4.69) is 15.5 Å². The summed E-state index contributed by atoms with van der Waals surface area (Å²) in [5.41, 5.74) is 1.25. The van der Waals surface area contributed by atoms with E-state index in [-0.39, 0.29) is 27.2 Å². The Labute approximate surface area is 118 Å². The molecular formula is C12H11ClFN3OS. The van der Waals surface area contributed by atoms with Gasteiger partial charge in [0.2, 0.25) is 9.47 Å². The largest absolute Gasteiger partial charge is 0.343 e. The van der Waals surface area contributed by atoms with Crippen molar-refractivity contribution in [3.8, 4) is 0 Å². The van der Waals surface area contributed by atoms with E-state index in [0.29, 0.717) is 11.1 Å². The van der Waals surface area contributed by atoms with E-state index in [4.69, 9.17) is 11.6 Å². The van der Waals surface area contributed by atoms with Gasteiger partial charge < -0.3 is 5.32 Å². The third-order valence-corrected chi connectivity index (χ3v) is 3.66. The number of halogens is 2. The predicted molar refractivity (Wildman–Crippen MR) is 71.9 cm³/mol. The fourth-order valence-electron chi connectivity index (χ4n) is 1.52. The first kappa shape index (κ1) is 13.9. The molecule has 0 aliphatic carbocycles. The number of carbonyl (C=O) groups excluding carboxylic acids is 1. The number of carbonyl (C=O) groups is 1. The van der Waals surface area contributed by atoms with Crippen molar-refractivity contribution in [2.45, 2.75) is 19.9 Å². The van der Waals surface area contributed by atoms with E-state index in [1.54, 1.807) is 26.0 Å². The topological polar surface area (TPSA) is 54.9 Å². The lowest BCUT2D eigenvalue weighted by Gasteiger charge is -2.13. The molecule has 4 nitrogen and oxygen atoms in total. The zero-order valence-electron chi connectivity index (χ0n) is 10.3. The second kappa shape index (κ2) is 5.63. The van der Waals surface area contributed by atoms with Gasteiger partial charge in [-0.15, -0.1) is 10.2 Å². The van der Waals surface area contributed by atoms with E-state index in [9.17, 15) is 9.18 Å². The number of aromatic nitrogens is 2. The summed E-state index contributed by atoms with van der Waals surface area (Å²) in [5, 5.41) is 10.1. The number of nitrogens with zero attached hydrogens (tertiary/aromatic N) is 2. The Balaban J connectivity index is 2.10. The molecule has 1 aromatic heterocycles. The molecule has 1 aromatic carbocycles. The number of hydrogen-bond donors (Lipinski definition) is 1. The lowest BCUT2D eigenvalue weighted by molar-refractivity contribution is 0.0938. The highest BCUT2D eigenvalue weighted by Crippen LogP contribution is 2.19. The molecule has 1 unspecified atom stereocenters. The van der Waals surface area contributed by atoms with E-state index < -0.39 is 0 Å². The summed E-state index contributed by atoms with van der Waals surface area (Å²) in [6.07, 6.45) is 0. The van der Waals surface area contributed by atoms with Crippen molar-refractivity contribution < 1.29 is 9.18 Å². The van der Waals surface area contributed by atoms with Gasteiger partial charge in [0.05, 0.1) is 6.04 Å². The zero-order valence-corrected chi connectivity index (χ0v) is 11.8. The molecule has 0 aliphatic rings. The number of amides is 1. The Morgan fingerprint density at radius 1 is 1.47 bits per heavy atom. The lowest BCUT2D eigenvalue weighted by Crippen LogP contribution is -2.26. The van der Waals surface area contributed by atoms with E-state index in [0.717, 1.165) is 11.3 Å². The molecule has 100 valence electrons. The van der Waals surface area contributed by atoms with Crippen LogP contribution in [0.2, 0.25) is 4.47 Å². The molecule has 0 spiro atoms. The lowest BCUT2D eigenvalue weighted by atomic mass is 10.1. The standard InChI is InChI=1S/C12H11ClFN3OS/c1-6-3-4-8(5-9(6)14)7(2)15-10(18)11-16-17-12(13)19-11/h3-5,7H,1-2H3,(H,15,18). The summed E-state index contributed by atoms with van der Waals surface area (Å²) in [4.78, 5) is 11.8. The van der Waals surface area contributed by atoms with Crippen molar-refractivity contribution in [3.63, 3.8) is 0 Å². The quantitative estimate of drug-likeness (QED) is 0.947. The molecule has 2 rings (SSSR count). The number of aryl methyl sites for hydroxylation is 1. The average molecular weight is 300 g/mol. The summed E-state index contributed by atoms with van der Waals surface area (Å²) < 4.78 is 13.7. The second-order valence-electron chi connectivity index (χ2n) is 4.06. The Kier molecular flexibility index (Phi) is 4.11. The van der Waals surface area contributed by atoms with Crippen molar-refractivity contribution >= 4 is 28.8 Å². The van der Waals surface area contributed by atoms with Crippen LogP contribution in [0.3, 0.4) is 0 Å². The first-order valence-corrected chi connectivity index (χ1v) is 6.72. The fraction of sp³-hybridized carbons (Fsp3) is 0.250. The van der Waals surface area contributed by atoms with Gasteiger partial charge in [0, 0.05) is 0 Å². The molecular weight excluding hydrogens is 289 g/mol. The zero-order chi connectivity index (χ0) is 14.0. The molecule has 0 bridgehead atoms. The Morgan fingerprint density at radius 2 is 2.21 bits per heavy atom. The van der Waals surface area contributed by atoms with Crippen LogP contribution in [0, 0.1) is 12.7 Å². The van der Waals surface area contributed by atoms with Crippen LogP contribution in [0.15, 0.2) is 18.2 Å². The molecule has 19 heavy (non-hydrogen) atoms. The smallest absolute Gasteiger partial charge is 0.282 e. The van der Waals surface area contributed by atoms with Crippen LogP contribution >= 0.6 is 22.9 Å². The van der Waals surface area contributed by atoms with Crippen molar-refractivity contribution in [1.29, 1.82) is 0 Å². The van der Waals surface area contributed by atoms with Gasteiger partial charge in [-0.25, -0.2) is 4.39 Å². The molecule has 0 saturated carbocycles. The van der Waals surface area contributed by atoms with Crippen molar-refractivity contribution in [2.24, 2.45) is 0 Å². The van der Waals surface area contributed by atoms with Gasteiger partial charge in [-0.05, 0) is 42.6 Å². The minimum atomic E-state index is -0.377. The predicted octanol–water partition coefficient (Wildman–Crippen LogP) is 3.13. The third kappa shape index (κ3) is 3.27. The monoisotopic (exact) mass is 299 g/mol. The van der Waals surface area contributed by atoms with Crippen LogP contribution in [0.4, 0.5) is 4.39 Å². The van der Waals surface area contributed by atoms with Gasteiger partial charge >= 0.3 is 0 Å². The summed E-state index contributed by atoms with van der Waals surface area (Å²) in [7, 11) is 0. The van der Waals surface area contributed by atoms with Gasteiger partial charge in [0.25, 0.3) is 5.91 Å². The SMILES string of the molecule is Cc1ccc(C(C)NC(=O)c2nnc(Cl)s2)cc1F. The maximum atomic E-state index is 13.5. The van der Waals surface area contributed by atoms with Gasteiger partial charge in [-0.1, -0.05) is 23.5 Å².